The lowest BCUT2D eigenvalue weighted by Gasteiger charge is -2.12. The maximum Gasteiger partial charge on any atom is 0.510 e. The predicted octanol–water partition coefficient (Wildman–Crippen LogP) is 3.70. The molecule has 5 nitrogen and oxygen atoms in total. The van der Waals surface area contributed by atoms with E-state index in [1.165, 1.54) is 5.56 Å². The van der Waals surface area contributed by atoms with Crippen molar-refractivity contribution in [1.82, 2.24) is 0 Å². The molecule has 0 saturated carbocycles. The molecule has 1 heterocycles. The van der Waals surface area contributed by atoms with Crippen molar-refractivity contribution in [1.29, 1.82) is 0 Å². The van der Waals surface area contributed by atoms with Gasteiger partial charge in [-0.25, -0.2) is 4.79 Å². The molecular formula is C17H24O5. The van der Waals surface area contributed by atoms with Crippen molar-refractivity contribution < 1.29 is 23.7 Å². The first-order valence-electron chi connectivity index (χ1n) is 7.80. The summed E-state index contributed by atoms with van der Waals surface area (Å²) in [6.45, 7) is 2.54. The molecule has 1 aliphatic heterocycles. The van der Waals surface area contributed by atoms with Crippen molar-refractivity contribution in [2.24, 2.45) is 0 Å². The zero-order chi connectivity index (χ0) is 15.8. The summed E-state index contributed by atoms with van der Waals surface area (Å²) in [4.78, 5) is 11.3. The molecule has 1 aliphatic rings. The Bertz CT molecular complexity index is 464. The highest BCUT2D eigenvalue weighted by Gasteiger charge is 2.49. The highest BCUT2D eigenvalue weighted by molar-refractivity contribution is 5.60. The minimum Gasteiger partial charge on any atom is -0.497 e. The number of aryl methyl sites for hydroxylation is 1. The van der Waals surface area contributed by atoms with Crippen LogP contribution in [0.3, 0.4) is 0 Å². The Kier molecular flexibility index (Phi) is 6.07. The largest absolute Gasteiger partial charge is 0.510 e. The van der Waals surface area contributed by atoms with Crippen LogP contribution in [0.15, 0.2) is 24.3 Å². The standard InChI is InChI=1S/C17H24O5/c1-3-20-16(18)22-17(13-21-17)12-6-4-5-7-14-8-10-15(19-2)11-9-14/h8-11H,3-7,12-13H2,1-2H3. The summed E-state index contributed by atoms with van der Waals surface area (Å²) in [5.74, 6) is 0.166. The zero-order valence-electron chi connectivity index (χ0n) is 13.3. The van der Waals surface area contributed by atoms with Crippen LogP contribution in [0.4, 0.5) is 4.79 Å². The van der Waals surface area contributed by atoms with E-state index in [1.54, 1.807) is 14.0 Å². The average Bonchev–Trinajstić information content (AvgIpc) is 3.27. The molecule has 1 fully saturated rings. The van der Waals surface area contributed by atoms with E-state index in [0.717, 1.165) is 37.9 Å². The monoisotopic (exact) mass is 308 g/mol. The quantitative estimate of drug-likeness (QED) is 0.395. The molecule has 1 saturated heterocycles. The lowest BCUT2D eigenvalue weighted by molar-refractivity contribution is -0.0381. The fourth-order valence-electron chi connectivity index (χ4n) is 2.33. The van der Waals surface area contributed by atoms with E-state index in [0.29, 0.717) is 13.2 Å². The lowest BCUT2D eigenvalue weighted by atomic mass is 10.0. The van der Waals surface area contributed by atoms with Crippen molar-refractivity contribution in [3.05, 3.63) is 29.8 Å². The molecule has 0 spiro atoms. The number of hydrogen-bond acceptors (Lipinski definition) is 5. The third-order valence-corrected chi connectivity index (χ3v) is 3.68. The molecule has 0 aromatic heterocycles. The Morgan fingerprint density at radius 1 is 1.23 bits per heavy atom. The van der Waals surface area contributed by atoms with Gasteiger partial charge in [-0.15, -0.1) is 0 Å². The van der Waals surface area contributed by atoms with Crippen molar-refractivity contribution in [2.75, 3.05) is 20.3 Å². The molecule has 5 heteroatoms. The fourth-order valence-corrected chi connectivity index (χ4v) is 2.33. The predicted molar refractivity (Wildman–Crippen MR) is 82.0 cm³/mol. The van der Waals surface area contributed by atoms with Gasteiger partial charge in [-0.1, -0.05) is 18.6 Å². The van der Waals surface area contributed by atoms with Crippen LogP contribution in [0.2, 0.25) is 0 Å². The molecule has 0 radical (unpaired) electrons. The Morgan fingerprint density at radius 3 is 2.55 bits per heavy atom. The van der Waals surface area contributed by atoms with Gasteiger partial charge >= 0.3 is 6.16 Å². The van der Waals surface area contributed by atoms with Gasteiger partial charge in [0.15, 0.2) is 0 Å². The van der Waals surface area contributed by atoms with Gasteiger partial charge in [0.25, 0.3) is 0 Å². The number of benzene rings is 1. The van der Waals surface area contributed by atoms with E-state index >= 15 is 0 Å². The molecule has 1 unspecified atom stereocenters. The molecule has 122 valence electrons. The highest BCUT2D eigenvalue weighted by atomic mass is 16.8. The molecule has 1 atom stereocenters. The summed E-state index contributed by atoms with van der Waals surface area (Å²) in [6.07, 6.45) is 4.27. The van der Waals surface area contributed by atoms with Gasteiger partial charge < -0.3 is 18.9 Å². The lowest BCUT2D eigenvalue weighted by Crippen LogP contribution is -2.22. The van der Waals surface area contributed by atoms with Crippen LogP contribution in [-0.4, -0.2) is 32.3 Å². The summed E-state index contributed by atoms with van der Waals surface area (Å²) in [5.41, 5.74) is 1.31. The van der Waals surface area contributed by atoms with Crippen LogP contribution >= 0.6 is 0 Å². The SMILES string of the molecule is CCOC(=O)OC1(CCCCCc2ccc(OC)cc2)CO1. The Labute approximate surface area is 131 Å². The molecule has 22 heavy (non-hydrogen) atoms. The third kappa shape index (κ3) is 5.22. The zero-order valence-corrected chi connectivity index (χ0v) is 13.3. The first kappa shape index (κ1) is 16.6. The summed E-state index contributed by atoms with van der Waals surface area (Å²) in [7, 11) is 1.67. The van der Waals surface area contributed by atoms with Crippen LogP contribution in [0.1, 0.15) is 38.2 Å². The summed E-state index contributed by atoms with van der Waals surface area (Å²) >= 11 is 0. The Hall–Kier alpha value is -1.75. The van der Waals surface area contributed by atoms with Crippen LogP contribution in [0.5, 0.6) is 5.75 Å². The van der Waals surface area contributed by atoms with E-state index in [9.17, 15) is 4.79 Å². The van der Waals surface area contributed by atoms with Crippen molar-refractivity contribution >= 4 is 6.16 Å². The Morgan fingerprint density at radius 2 is 1.95 bits per heavy atom. The first-order valence-corrected chi connectivity index (χ1v) is 7.80. The topological polar surface area (TPSA) is 57.3 Å². The number of carbonyl (C=O) groups is 1. The smallest absolute Gasteiger partial charge is 0.497 e. The molecular weight excluding hydrogens is 284 g/mol. The summed E-state index contributed by atoms with van der Waals surface area (Å²) in [5, 5.41) is 0. The van der Waals surface area contributed by atoms with Crippen molar-refractivity contribution in [2.45, 2.75) is 44.8 Å². The van der Waals surface area contributed by atoms with Crippen LogP contribution in [-0.2, 0) is 20.6 Å². The van der Waals surface area contributed by atoms with Gasteiger partial charge in [-0.05, 0) is 43.9 Å². The van der Waals surface area contributed by atoms with Gasteiger partial charge in [0.1, 0.15) is 12.4 Å². The molecule has 1 aromatic rings. The Balaban J connectivity index is 1.60. The second-order valence-electron chi connectivity index (χ2n) is 5.39. The molecule has 0 aliphatic carbocycles. The van der Waals surface area contributed by atoms with E-state index in [4.69, 9.17) is 18.9 Å². The summed E-state index contributed by atoms with van der Waals surface area (Å²) in [6, 6.07) is 8.15. The van der Waals surface area contributed by atoms with Gasteiger partial charge in [0.05, 0.1) is 13.7 Å². The average molecular weight is 308 g/mol. The number of ether oxygens (including phenoxy) is 4. The second-order valence-corrected chi connectivity index (χ2v) is 5.39. The highest BCUT2D eigenvalue weighted by Crippen LogP contribution is 2.34. The second kappa shape index (κ2) is 8.03. The van der Waals surface area contributed by atoms with Gasteiger partial charge in [-0.3, -0.25) is 0 Å². The molecule has 0 N–H and O–H groups in total. The minimum absolute atomic E-state index is 0.316. The third-order valence-electron chi connectivity index (χ3n) is 3.68. The molecule has 0 amide bonds. The number of carbonyl (C=O) groups excluding carboxylic acids is 1. The van der Waals surface area contributed by atoms with E-state index in [1.807, 2.05) is 12.1 Å². The maximum atomic E-state index is 11.3. The van der Waals surface area contributed by atoms with Crippen molar-refractivity contribution in [3.8, 4) is 5.75 Å². The number of epoxide rings is 1. The molecule has 0 bridgehead atoms. The summed E-state index contributed by atoms with van der Waals surface area (Å²) < 4.78 is 20.4. The van der Waals surface area contributed by atoms with Gasteiger partial charge in [-0.2, -0.15) is 0 Å². The maximum absolute atomic E-state index is 11.3. The van der Waals surface area contributed by atoms with E-state index in [-0.39, 0.29) is 0 Å². The van der Waals surface area contributed by atoms with Gasteiger partial charge in [0.2, 0.25) is 5.79 Å². The molecule has 2 rings (SSSR count). The fraction of sp³-hybridized carbons (Fsp3) is 0.588. The normalized spacial score (nSPS) is 19.5. The van der Waals surface area contributed by atoms with Crippen LogP contribution < -0.4 is 4.74 Å². The van der Waals surface area contributed by atoms with Crippen molar-refractivity contribution in [3.63, 3.8) is 0 Å². The number of unbranched alkanes of at least 4 members (excludes halogenated alkanes) is 2. The van der Waals surface area contributed by atoms with E-state index < -0.39 is 11.9 Å². The molecule has 1 aromatic carbocycles. The number of rotatable bonds is 9. The van der Waals surface area contributed by atoms with Crippen LogP contribution in [0, 0.1) is 0 Å². The van der Waals surface area contributed by atoms with E-state index in [2.05, 4.69) is 12.1 Å². The number of hydrogen-bond donors (Lipinski definition) is 0. The van der Waals surface area contributed by atoms with Crippen LogP contribution in [0.25, 0.3) is 0 Å². The minimum atomic E-state index is -0.716. The first-order chi connectivity index (χ1) is 10.7. The number of methoxy groups -OCH3 is 1. The van der Waals surface area contributed by atoms with Gasteiger partial charge in [0, 0.05) is 6.42 Å².